The van der Waals surface area contributed by atoms with Crippen molar-refractivity contribution >= 4 is 29.9 Å². The van der Waals surface area contributed by atoms with Crippen molar-refractivity contribution in [1.29, 1.82) is 0 Å². The molecule has 2 aromatic heterocycles. The van der Waals surface area contributed by atoms with Crippen molar-refractivity contribution in [1.82, 2.24) is 20.4 Å². The zero-order valence-electron chi connectivity index (χ0n) is 17.7. The Morgan fingerprint density at radius 1 is 1.32 bits per heavy atom. The number of nitrogens with zero attached hydrogens (tertiary/aromatic N) is 3. The lowest BCUT2D eigenvalue weighted by Gasteiger charge is -2.20. The highest BCUT2D eigenvalue weighted by Crippen LogP contribution is 2.23. The third kappa shape index (κ3) is 7.12. The van der Waals surface area contributed by atoms with Crippen LogP contribution in [-0.2, 0) is 12.1 Å². The van der Waals surface area contributed by atoms with E-state index in [0.29, 0.717) is 17.6 Å². The van der Waals surface area contributed by atoms with Crippen LogP contribution in [0.25, 0.3) is 0 Å². The lowest BCUT2D eigenvalue weighted by molar-refractivity contribution is 0.0428. The maximum absolute atomic E-state index is 10.7. The number of aromatic nitrogens is 2. The molecule has 2 aromatic rings. The lowest BCUT2D eigenvalue weighted by Crippen LogP contribution is -2.41. The van der Waals surface area contributed by atoms with Gasteiger partial charge >= 0.3 is 0 Å². The molecular weight excluding hydrogens is 469 g/mol. The van der Waals surface area contributed by atoms with Gasteiger partial charge in [-0.3, -0.25) is 4.68 Å². The average molecular weight is 503 g/mol. The number of hydrogen-bond donors (Lipinski definition) is 3. The summed E-state index contributed by atoms with van der Waals surface area (Å²) in [6.07, 6.45) is 0. The molecule has 2 unspecified atom stereocenters. The molecule has 28 heavy (non-hydrogen) atoms. The fraction of sp³-hybridized carbons (Fsp3) is 0.600. The molecule has 0 fully saturated rings. The van der Waals surface area contributed by atoms with E-state index in [0.717, 1.165) is 31.1 Å². The third-order valence-electron chi connectivity index (χ3n) is 4.37. The summed E-state index contributed by atoms with van der Waals surface area (Å²) in [4.78, 5) is 4.53. The molecule has 0 bridgehead atoms. The van der Waals surface area contributed by atoms with Gasteiger partial charge in [0.2, 0.25) is 0 Å². The van der Waals surface area contributed by atoms with Gasteiger partial charge < -0.3 is 20.2 Å². The van der Waals surface area contributed by atoms with Crippen LogP contribution in [0.15, 0.2) is 27.6 Å². The van der Waals surface area contributed by atoms with E-state index in [1.165, 1.54) is 5.69 Å². The van der Waals surface area contributed by atoms with Crippen molar-refractivity contribution < 1.29 is 9.52 Å². The second-order valence-electron chi connectivity index (χ2n) is 7.47. The van der Waals surface area contributed by atoms with Crippen molar-refractivity contribution in [2.24, 2.45) is 10.9 Å². The summed E-state index contributed by atoms with van der Waals surface area (Å²) in [5.74, 6) is 2.36. The predicted molar refractivity (Wildman–Crippen MR) is 123 cm³/mol. The fourth-order valence-corrected chi connectivity index (χ4v) is 2.87. The van der Waals surface area contributed by atoms with Crippen molar-refractivity contribution in [2.45, 2.75) is 53.7 Å². The van der Waals surface area contributed by atoms with Gasteiger partial charge in [-0.2, -0.15) is 5.10 Å². The molecule has 158 valence electrons. The third-order valence-corrected chi connectivity index (χ3v) is 4.37. The van der Waals surface area contributed by atoms with Crippen LogP contribution in [0.5, 0.6) is 0 Å². The number of rotatable bonds is 8. The summed E-state index contributed by atoms with van der Waals surface area (Å²) in [5.41, 5.74) is 1.06. The molecule has 0 aliphatic rings. The highest BCUT2D eigenvalue weighted by Gasteiger charge is 2.26. The van der Waals surface area contributed by atoms with Crippen LogP contribution in [0.1, 0.15) is 43.7 Å². The number of aliphatic imine (C=N–C) groups is 1. The zero-order chi connectivity index (χ0) is 20.0. The first-order chi connectivity index (χ1) is 12.7. The number of halogens is 1. The first-order valence-electron chi connectivity index (χ1n) is 9.53. The average Bonchev–Trinajstić information content (AvgIpc) is 3.16. The van der Waals surface area contributed by atoms with Gasteiger partial charge in [0, 0.05) is 25.3 Å². The fourth-order valence-electron chi connectivity index (χ4n) is 2.87. The summed E-state index contributed by atoms with van der Waals surface area (Å²) in [6.45, 7) is 14.4. The van der Waals surface area contributed by atoms with Crippen LogP contribution in [0.2, 0.25) is 0 Å². The maximum atomic E-state index is 10.7. The van der Waals surface area contributed by atoms with E-state index in [-0.39, 0.29) is 30.5 Å². The summed E-state index contributed by atoms with van der Waals surface area (Å²) in [6, 6.07) is 5.73. The molecule has 2 atom stereocenters. The molecule has 2 rings (SSSR count). The molecule has 0 saturated heterocycles. The summed E-state index contributed by atoms with van der Waals surface area (Å²) in [5, 5.41) is 21.7. The minimum absolute atomic E-state index is 0. The van der Waals surface area contributed by atoms with Crippen LogP contribution >= 0.6 is 24.0 Å². The zero-order valence-corrected chi connectivity index (χ0v) is 20.1. The quantitative estimate of drug-likeness (QED) is 0.293. The number of guanidine groups is 1. The van der Waals surface area contributed by atoms with E-state index >= 15 is 0 Å². The van der Waals surface area contributed by atoms with E-state index in [2.05, 4.69) is 40.6 Å². The second kappa shape index (κ2) is 10.8. The number of nitrogens with one attached hydrogen (secondary N) is 2. The standard InChI is InChI=1S/C20H33N5O2.HI/c1-7-21-19(23-13-20(6,26)18-9-8-17(5)27-18)22-11-14(2)12-25-16(4)10-15(3)24-25;/h8-10,14,26H,7,11-13H2,1-6H3,(H2,21,22,23);1H. The molecule has 2 heterocycles. The Balaban J connectivity index is 0.00000392. The Morgan fingerprint density at radius 3 is 2.57 bits per heavy atom. The minimum atomic E-state index is -1.15. The lowest BCUT2D eigenvalue weighted by atomic mass is 10.0. The topological polar surface area (TPSA) is 87.6 Å². The van der Waals surface area contributed by atoms with Crippen molar-refractivity contribution in [3.05, 3.63) is 41.1 Å². The minimum Gasteiger partial charge on any atom is -0.463 e. The van der Waals surface area contributed by atoms with Gasteiger partial charge in [-0.1, -0.05) is 6.92 Å². The predicted octanol–water partition coefficient (Wildman–Crippen LogP) is 3.12. The first-order valence-corrected chi connectivity index (χ1v) is 9.53. The first kappa shape index (κ1) is 24.5. The normalized spacial score (nSPS) is 14.9. The van der Waals surface area contributed by atoms with Crippen LogP contribution in [0.4, 0.5) is 0 Å². The molecule has 0 amide bonds. The van der Waals surface area contributed by atoms with Crippen LogP contribution in [0.3, 0.4) is 0 Å². The van der Waals surface area contributed by atoms with Gasteiger partial charge in [-0.15, -0.1) is 24.0 Å². The van der Waals surface area contributed by atoms with Gasteiger partial charge in [0.25, 0.3) is 0 Å². The van der Waals surface area contributed by atoms with E-state index in [9.17, 15) is 5.11 Å². The molecule has 0 aliphatic heterocycles. The van der Waals surface area contributed by atoms with E-state index in [4.69, 9.17) is 4.42 Å². The number of aryl methyl sites for hydroxylation is 3. The number of aliphatic hydroxyl groups is 1. The molecule has 0 aliphatic carbocycles. The Kier molecular flexibility index (Phi) is 9.49. The molecule has 3 N–H and O–H groups in total. The molecule has 8 heteroatoms. The molecule has 0 saturated carbocycles. The van der Waals surface area contributed by atoms with E-state index in [1.54, 1.807) is 13.0 Å². The van der Waals surface area contributed by atoms with Crippen LogP contribution in [0, 0.1) is 26.7 Å². The van der Waals surface area contributed by atoms with Crippen molar-refractivity contribution in [2.75, 3.05) is 19.6 Å². The maximum Gasteiger partial charge on any atom is 0.191 e. The number of hydrogen-bond acceptors (Lipinski definition) is 4. The molecule has 7 nitrogen and oxygen atoms in total. The van der Waals surface area contributed by atoms with E-state index < -0.39 is 5.60 Å². The van der Waals surface area contributed by atoms with E-state index in [1.807, 2.05) is 31.5 Å². The SMILES string of the molecule is CCNC(=NCC(C)(O)c1ccc(C)o1)NCC(C)Cn1nc(C)cc1C.I. The Morgan fingerprint density at radius 2 is 2.04 bits per heavy atom. The van der Waals surface area contributed by atoms with Gasteiger partial charge in [-0.05, 0) is 58.7 Å². The number of furan rings is 1. The van der Waals surface area contributed by atoms with Gasteiger partial charge in [0.05, 0.1) is 12.2 Å². The van der Waals surface area contributed by atoms with Gasteiger partial charge in [0.15, 0.2) is 5.96 Å². The Hall–Kier alpha value is -1.55. The highest BCUT2D eigenvalue weighted by atomic mass is 127. The largest absolute Gasteiger partial charge is 0.463 e. The van der Waals surface area contributed by atoms with Gasteiger partial charge in [0.1, 0.15) is 17.1 Å². The molecular formula is C20H34IN5O2. The van der Waals surface area contributed by atoms with Crippen LogP contribution < -0.4 is 10.6 Å². The van der Waals surface area contributed by atoms with Crippen molar-refractivity contribution in [3.8, 4) is 0 Å². The highest BCUT2D eigenvalue weighted by molar-refractivity contribution is 14.0. The van der Waals surface area contributed by atoms with Crippen molar-refractivity contribution in [3.63, 3.8) is 0 Å². The van der Waals surface area contributed by atoms with Gasteiger partial charge in [-0.25, -0.2) is 4.99 Å². The Bertz CT molecular complexity index is 766. The summed E-state index contributed by atoms with van der Waals surface area (Å²) in [7, 11) is 0. The smallest absolute Gasteiger partial charge is 0.191 e. The monoisotopic (exact) mass is 503 g/mol. The second-order valence-corrected chi connectivity index (χ2v) is 7.47. The molecule has 0 spiro atoms. The molecule has 0 radical (unpaired) electrons. The molecule has 0 aromatic carbocycles. The van der Waals surface area contributed by atoms with Crippen LogP contribution in [-0.4, -0.2) is 40.5 Å². The summed E-state index contributed by atoms with van der Waals surface area (Å²) >= 11 is 0. The summed E-state index contributed by atoms with van der Waals surface area (Å²) < 4.78 is 7.59. The Labute approximate surface area is 185 Å².